The maximum Gasteiger partial charge on any atom is 0.0699 e. The van der Waals surface area contributed by atoms with Crippen LogP contribution in [0, 0.1) is 13.8 Å². The summed E-state index contributed by atoms with van der Waals surface area (Å²) in [5, 5.41) is 3.53. The number of hydrogen-bond donors (Lipinski definition) is 1. The molecule has 1 N–H and O–H groups in total. The van der Waals surface area contributed by atoms with E-state index in [4.69, 9.17) is 4.74 Å². The van der Waals surface area contributed by atoms with Crippen LogP contribution in [0.25, 0.3) is 0 Å². The van der Waals surface area contributed by atoms with Crippen LogP contribution in [0.4, 0.5) is 0 Å². The molecule has 1 fully saturated rings. The van der Waals surface area contributed by atoms with E-state index in [0.29, 0.717) is 6.10 Å². The molecule has 0 radical (unpaired) electrons. The molecule has 17 heavy (non-hydrogen) atoms. The number of aryl methyl sites for hydroxylation is 2. The fourth-order valence-corrected chi connectivity index (χ4v) is 2.45. The Morgan fingerprint density at radius 1 is 1.24 bits per heavy atom. The predicted molar refractivity (Wildman–Crippen MR) is 71.2 cm³/mol. The molecule has 0 saturated carbocycles. The van der Waals surface area contributed by atoms with E-state index in [-0.39, 0.29) is 0 Å². The normalized spacial score (nSPS) is 20.5. The summed E-state index contributed by atoms with van der Waals surface area (Å²) in [7, 11) is 0. The van der Waals surface area contributed by atoms with Gasteiger partial charge in [-0.05, 0) is 49.8 Å². The zero-order valence-electron chi connectivity index (χ0n) is 11.0. The zero-order valence-corrected chi connectivity index (χ0v) is 11.0. The Morgan fingerprint density at radius 3 is 2.65 bits per heavy atom. The van der Waals surface area contributed by atoms with E-state index in [2.05, 4.69) is 37.4 Å². The Bertz CT molecular complexity index is 336. The predicted octanol–water partition coefficient (Wildman–Crippen LogP) is 2.96. The second-order valence-electron chi connectivity index (χ2n) is 4.99. The molecule has 94 valence electrons. The van der Waals surface area contributed by atoms with Crippen molar-refractivity contribution in [2.75, 3.05) is 13.2 Å². The molecule has 2 rings (SSSR count). The first-order valence-electron chi connectivity index (χ1n) is 6.65. The first-order valence-corrected chi connectivity index (χ1v) is 6.65. The van der Waals surface area contributed by atoms with Gasteiger partial charge in [-0.15, -0.1) is 0 Å². The van der Waals surface area contributed by atoms with Gasteiger partial charge in [-0.25, -0.2) is 0 Å². The molecule has 1 heterocycles. The molecular formula is C15H23NO. The molecule has 0 aromatic heterocycles. The van der Waals surface area contributed by atoms with Gasteiger partial charge in [0.15, 0.2) is 0 Å². The van der Waals surface area contributed by atoms with Crippen molar-refractivity contribution in [2.24, 2.45) is 0 Å². The van der Waals surface area contributed by atoms with E-state index in [0.717, 1.165) is 19.7 Å². The lowest BCUT2D eigenvalue weighted by molar-refractivity contribution is 0.0168. The molecule has 1 aromatic rings. The topological polar surface area (TPSA) is 21.3 Å². The van der Waals surface area contributed by atoms with Crippen LogP contribution < -0.4 is 5.32 Å². The van der Waals surface area contributed by atoms with Crippen molar-refractivity contribution in [2.45, 2.75) is 45.8 Å². The zero-order chi connectivity index (χ0) is 12.1. The second-order valence-corrected chi connectivity index (χ2v) is 4.99. The number of ether oxygens (including phenoxy) is 1. The Hall–Kier alpha value is -0.860. The fourth-order valence-electron chi connectivity index (χ4n) is 2.45. The summed E-state index contributed by atoms with van der Waals surface area (Å²) in [5.74, 6) is 0. The Morgan fingerprint density at radius 2 is 2.00 bits per heavy atom. The van der Waals surface area contributed by atoms with E-state index in [9.17, 15) is 0 Å². The highest BCUT2D eigenvalue weighted by Gasteiger charge is 2.13. The molecule has 1 aliphatic heterocycles. The van der Waals surface area contributed by atoms with Crippen molar-refractivity contribution in [3.05, 3.63) is 34.9 Å². The highest BCUT2D eigenvalue weighted by atomic mass is 16.5. The van der Waals surface area contributed by atoms with E-state index in [1.807, 2.05) is 0 Å². The van der Waals surface area contributed by atoms with E-state index in [1.165, 1.54) is 36.0 Å². The fraction of sp³-hybridized carbons (Fsp3) is 0.600. The minimum Gasteiger partial charge on any atom is -0.377 e. The lowest BCUT2D eigenvalue weighted by Gasteiger charge is -2.23. The van der Waals surface area contributed by atoms with Crippen molar-refractivity contribution < 1.29 is 4.74 Å². The molecule has 1 saturated heterocycles. The monoisotopic (exact) mass is 233 g/mol. The van der Waals surface area contributed by atoms with Gasteiger partial charge in [0.05, 0.1) is 6.10 Å². The van der Waals surface area contributed by atoms with Crippen LogP contribution in [0.5, 0.6) is 0 Å². The standard InChI is InChI=1S/C15H23NO/c1-12-6-5-7-13(2)15(12)11-16-10-14-8-3-4-9-17-14/h5-7,14,16H,3-4,8-11H2,1-2H3. The van der Waals surface area contributed by atoms with Crippen LogP contribution in [-0.4, -0.2) is 19.3 Å². The van der Waals surface area contributed by atoms with Crippen LogP contribution in [0.3, 0.4) is 0 Å². The summed E-state index contributed by atoms with van der Waals surface area (Å²) in [6.45, 7) is 7.24. The average Bonchev–Trinajstić information content (AvgIpc) is 2.34. The van der Waals surface area contributed by atoms with Gasteiger partial charge in [-0.1, -0.05) is 18.2 Å². The highest BCUT2D eigenvalue weighted by Crippen LogP contribution is 2.14. The van der Waals surface area contributed by atoms with Gasteiger partial charge in [-0.3, -0.25) is 0 Å². The van der Waals surface area contributed by atoms with Crippen molar-refractivity contribution in [3.63, 3.8) is 0 Å². The van der Waals surface area contributed by atoms with Gasteiger partial charge in [0.1, 0.15) is 0 Å². The van der Waals surface area contributed by atoms with Crippen molar-refractivity contribution >= 4 is 0 Å². The maximum atomic E-state index is 5.71. The van der Waals surface area contributed by atoms with Gasteiger partial charge in [-0.2, -0.15) is 0 Å². The molecule has 0 spiro atoms. The summed E-state index contributed by atoms with van der Waals surface area (Å²) < 4.78 is 5.71. The lowest BCUT2D eigenvalue weighted by Crippen LogP contribution is -2.31. The van der Waals surface area contributed by atoms with Gasteiger partial charge < -0.3 is 10.1 Å². The van der Waals surface area contributed by atoms with Gasteiger partial charge in [0.25, 0.3) is 0 Å². The summed E-state index contributed by atoms with van der Waals surface area (Å²) >= 11 is 0. The highest BCUT2D eigenvalue weighted by molar-refractivity contribution is 5.33. The lowest BCUT2D eigenvalue weighted by atomic mass is 10.0. The third kappa shape index (κ3) is 3.55. The van der Waals surface area contributed by atoms with E-state index in [1.54, 1.807) is 0 Å². The molecule has 2 heteroatoms. The summed E-state index contributed by atoms with van der Waals surface area (Å²) in [6.07, 6.45) is 4.18. The van der Waals surface area contributed by atoms with Crippen LogP contribution in [0.2, 0.25) is 0 Å². The number of nitrogens with one attached hydrogen (secondary N) is 1. The number of hydrogen-bond acceptors (Lipinski definition) is 2. The van der Waals surface area contributed by atoms with Gasteiger partial charge >= 0.3 is 0 Å². The number of rotatable bonds is 4. The molecule has 1 aliphatic rings. The van der Waals surface area contributed by atoms with Crippen LogP contribution in [-0.2, 0) is 11.3 Å². The molecule has 1 aromatic carbocycles. The van der Waals surface area contributed by atoms with Crippen molar-refractivity contribution in [1.29, 1.82) is 0 Å². The molecule has 1 unspecified atom stereocenters. The molecule has 0 bridgehead atoms. The molecule has 1 atom stereocenters. The number of benzene rings is 1. The summed E-state index contributed by atoms with van der Waals surface area (Å²) in [6, 6.07) is 6.49. The quantitative estimate of drug-likeness (QED) is 0.863. The van der Waals surface area contributed by atoms with Crippen LogP contribution >= 0.6 is 0 Å². The smallest absolute Gasteiger partial charge is 0.0699 e. The van der Waals surface area contributed by atoms with Gasteiger partial charge in [0.2, 0.25) is 0 Å². The first-order chi connectivity index (χ1) is 8.27. The second kappa shape index (κ2) is 6.18. The maximum absolute atomic E-state index is 5.71. The Labute approximate surface area is 104 Å². The SMILES string of the molecule is Cc1cccc(C)c1CNCC1CCCCO1. The van der Waals surface area contributed by atoms with Crippen molar-refractivity contribution in [3.8, 4) is 0 Å². The first kappa shape index (κ1) is 12.6. The summed E-state index contributed by atoms with van der Waals surface area (Å²) in [4.78, 5) is 0. The summed E-state index contributed by atoms with van der Waals surface area (Å²) in [5.41, 5.74) is 4.19. The third-order valence-corrected chi connectivity index (χ3v) is 3.59. The van der Waals surface area contributed by atoms with Crippen molar-refractivity contribution in [1.82, 2.24) is 5.32 Å². The van der Waals surface area contributed by atoms with Gasteiger partial charge in [0, 0.05) is 19.7 Å². The van der Waals surface area contributed by atoms with E-state index >= 15 is 0 Å². The minimum absolute atomic E-state index is 0.424. The van der Waals surface area contributed by atoms with E-state index < -0.39 is 0 Å². The average molecular weight is 233 g/mol. The molecule has 0 aliphatic carbocycles. The largest absolute Gasteiger partial charge is 0.377 e. The molecule has 2 nitrogen and oxygen atoms in total. The van der Waals surface area contributed by atoms with Crippen LogP contribution in [0.1, 0.15) is 36.0 Å². The minimum atomic E-state index is 0.424. The van der Waals surface area contributed by atoms with Crippen LogP contribution in [0.15, 0.2) is 18.2 Å². The molecular weight excluding hydrogens is 210 g/mol. The third-order valence-electron chi connectivity index (χ3n) is 3.59. The molecule has 0 amide bonds. The Kier molecular flexibility index (Phi) is 4.57. The Balaban J connectivity index is 1.81.